The summed E-state index contributed by atoms with van der Waals surface area (Å²) in [7, 11) is 0. The fraction of sp³-hybridized carbons (Fsp3) is 0.750. The molecular formula is C12H17NO5. The predicted molar refractivity (Wildman–Crippen MR) is 60.4 cm³/mol. The lowest BCUT2D eigenvalue weighted by Crippen LogP contribution is -2.49. The van der Waals surface area contributed by atoms with Crippen molar-refractivity contribution in [1.29, 1.82) is 0 Å². The number of nitrogens with zero attached hydrogens (tertiary/aromatic N) is 1. The van der Waals surface area contributed by atoms with Gasteiger partial charge in [-0.15, -0.1) is 0 Å². The van der Waals surface area contributed by atoms with Crippen molar-refractivity contribution < 1.29 is 24.6 Å². The predicted octanol–water partition coefficient (Wildman–Crippen LogP) is -0.00280. The Morgan fingerprint density at radius 3 is 2.11 bits per heavy atom. The molecular weight excluding hydrogens is 238 g/mol. The zero-order chi connectivity index (χ0) is 13.5. The lowest BCUT2D eigenvalue weighted by molar-refractivity contribution is -0.161. The van der Waals surface area contributed by atoms with Crippen LogP contribution in [-0.4, -0.2) is 45.0 Å². The number of hydrogen-bond donors (Lipinski definition) is 2. The first-order valence-corrected chi connectivity index (χ1v) is 6.15. The van der Waals surface area contributed by atoms with Crippen LogP contribution in [0.4, 0.5) is 0 Å². The molecule has 0 bridgehead atoms. The highest BCUT2D eigenvalue weighted by atomic mass is 16.4. The van der Waals surface area contributed by atoms with Gasteiger partial charge in [0.1, 0.15) is 0 Å². The van der Waals surface area contributed by atoms with Crippen LogP contribution in [0.15, 0.2) is 0 Å². The minimum absolute atomic E-state index is 0.309. The first-order chi connectivity index (χ1) is 8.34. The highest BCUT2D eigenvalue weighted by Crippen LogP contribution is 2.38. The third-order valence-electron chi connectivity index (χ3n) is 3.86. The zero-order valence-electron chi connectivity index (χ0n) is 10.3. The topological polar surface area (TPSA) is 94.9 Å². The van der Waals surface area contributed by atoms with Crippen LogP contribution in [0.3, 0.4) is 0 Å². The number of rotatable bonds is 3. The average Bonchev–Trinajstić information content (AvgIpc) is 2.55. The maximum Gasteiger partial charge on any atom is 0.337 e. The van der Waals surface area contributed by atoms with E-state index in [1.54, 1.807) is 0 Å². The lowest BCUT2D eigenvalue weighted by atomic mass is 9.81. The quantitative estimate of drug-likeness (QED) is 0.692. The molecule has 2 rings (SSSR count). The molecule has 2 fully saturated rings. The van der Waals surface area contributed by atoms with E-state index in [9.17, 15) is 19.5 Å². The van der Waals surface area contributed by atoms with Gasteiger partial charge in [0, 0.05) is 0 Å². The molecule has 1 saturated carbocycles. The molecule has 1 aliphatic heterocycles. The molecule has 2 aliphatic rings. The molecule has 0 spiro atoms. The van der Waals surface area contributed by atoms with Crippen molar-refractivity contribution in [1.82, 2.24) is 4.90 Å². The smallest absolute Gasteiger partial charge is 0.337 e. The van der Waals surface area contributed by atoms with E-state index in [2.05, 4.69) is 0 Å². The van der Waals surface area contributed by atoms with E-state index in [0.717, 1.165) is 24.7 Å². The van der Waals surface area contributed by atoms with Gasteiger partial charge in [0.15, 0.2) is 5.60 Å². The SMILES string of the molecule is CC(O)(CN1C(=O)C2CCCCC2C1=O)C(=O)O. The summed E-state index contributed by atoms with van der Waals surface area (Å²) in [4.78, 5) is 35.9. The third-order valence-corrected chi connectivity index (χ3v) is 3.86. The summed E-state index contributed by atoms with van der Waals surface area (Å²) < 4.78 is 0. The van der Waals surface area contributed by atoms with Gasteiger partial charge in [-0.1, -0.05) is 12.8 Å². The van der Waals surface area contributed by atoms with Gasteiger partial charge in [-0.3, -0.25) is 14.5 Å². The average molecular weight is 255 g/mol. The molecule has 6 nitrogen and oxygen atoms in total. The highest BCUT2D eigenvalue weighted by Gasteiger charge is 2.50. The Morgan fingerprint density at radius 1 is 1.28 bits per heavy atom. The molecule has 0 aromatic heterocycles. The monoisotopic (exact) mass is 255 g/mol. The van der Waals surface area contributed by atoms with Gasteiger partial charge in [0.05, 0.1) is 18.4 Å². The molecule has 1 aliphatic carbocycles. The number of aliphatic carboxylic acids is 1. The Hall–Kier alpha value is -1.43. The van der Waals surface area contributed by atoms with E-state index in [4.69, 9.17) is 5.11 Å². The fourth-order valence-electron chi connectivity index (χ4n) is 2.76. The molecule has 0 aromatic carbocycles. The second-order valence-electron chi connectivity index (χ2n) is 5.34. The fourth-order valence-corrected chi connectivity index (χ4v) is 2.76. The number of carboxylic acid groups (broad SMARTS) is 1. The van der Waals surface area contributed by atoms with Crippen molar-refractivity contribution in [3.63, 3.8) is 0 Å². The first-order valence-electron chi connectivity index (χ1n) is 6.15. The number of fused-ring (bicyclic) bond motifs is 1. The maximum atomic E-state index is 12.1. The second-order valence-corrected chi connectivity index (χ2v) is 5.34. The summed E-state index contributed by atoms with van der Waals surface area (Å²) in [5.41, 5.74) is -2.08. The highest BCUT2D eigenvalue weighted by molar-refractivity contribution is 6.05. The van der Waals surface area contributed by atoms with Gasteiger partial charge in [-0.25, -0.2) is 4.79 Å². The first kappa shape index (κ1) is 13.0. The van der Waals surface area contributed by atoms with Crippen LogP contribution in [-0.2, 0) is 14.4 Å². The van der Waals surface area contributed by atoms with Gasteiger partial charge < -0.3 is 10.2 Å². The molecule has 6 heteroatoms. The van der Waals surface area contributed by atoms with E-state index in [-0.39, 0.29) is 23.7 Å². The Kier molecular flexibility index (Phi) is 3.14. The number of β-amino-alcohol motifs (C(OH)–C–C–N with tert-alkyl or cyclic N) is 1. The molecule has 2 N–H and O–H groups in total. The summed E-state index contributed by atoms with van der Waals surface area (Å²) >= 11 is 0. The minimum atomic E-state index is -2.08. The maximum absolute atomic E-state index is 12.1. The van der Waals surface area contributed by atoms with E-state index >= 15 is 0 Å². The number of aliphatic hydroxyl groups is 1. The Balaban J connectivity index is 2.17. The molecule has 1 saturated heterocycles. The molecule has 0 aromatic rings. The summed E-state index contributed by atoms with van der Waals surface area (Å²) in [5, 5.41) is 18.5. The van der Waals surface area contributed by atoms with Crippen molar-refractivity contribution >= 4 is 17.8 Å². The molecule has 3 atom stereocenters. The van der Waals surface area contributed by atoms with Gasteiger partial charge in [0.25, 0.3) is 0 Å². The molecule has 3 unspecified atom stereocenters. The van der Waals surface area contributed by atoms with Crippen LogP contribution in [0, 0.1) is 11.8 Å². The van der Waals surface area contributed by atoms with E-state index < -0.39 is 18.1 Å². The molecule has 0 radical (unpaired) electrons. The van der Waals surface area contributed by atoms with Crippen LogP contribution in [0.2, 0.25) is 0 Å². The summed E-state index contributed by atoms with van der Waals surface area (Å²) in [6.45, 7) is 0.630. The molecule has 1 heterocycles. The van der Waals surface area contributed by atoms with Crippen molar-refractivity contribution in [2.75, 3.05) is 6.54 Å². The van der Waals surface area contributed by atoms with Crippen molar-refractivity contribution in [2.45, 2.75) is 38.2 Å². The summed E-state index contributed by atoms with van der Waals surface area (Å²) in [6.07, 6.45) is 3.20. The standard InChI is InChI=1S/C12H17NO5/c1-12(18,11(16)17)6-13-9(14)7-4-2-3-5-8(7)10(13)15/h7-8,18H,2-6H2,1H3,(H,16,17). The number of amides is 2. The third kappa shape index (κ3) is 2.01. The van der Waals surface area contributed by atoms with Gasteiger partial charge in [0.2, 0.25) is 11.8 Å². The van der Waals surface area contributed by atoms with Crippen LogP contribution in [0.1, 0.15) is 32.6 Å². The number of carbonyl (C=O) groups excluding carboxylic acids is 2. The number of imide groups is 1. The lowest BCUT2D eigenvalue weighted by Gasteiger charge is -2.24. The minimum Gasteiger partial charge on any atom is -0.479 e. The van der Waals surface area contributed by atoms with Crippen LogP contribution < -0.4 is 0 Å². The van der Waals surface area contributed by atoms with Crippen LogP contribution in [0.25, 0.3) is 0 Å². The molecule has 18 heavy (non-hydrogen) atoms. The Labute approximate surface area is 105 Å². The zero-order valence-corrected chi connectivity index (χ0v) is 10.3. The Morgan fingerprint density at radius 2 is 1.72 bits per heavy atom. The van der Waals surface area contributed by atoms with Gasteiger partial charge in [-0.05, 0) is 19.8 Å². The number of carboxylic acids is 1. The van der Waals surface area contributed by atoms with Crippen molar-refractivity contribution in [3.8, 4) is 0 Å². The number of hydrogen-bond acceptors (Lipinski definition) is 4. The van der Waals surface area contributed by atoms with Crippen LogP contribution in [0.5, 0.6) is 0 Å². The Bertz CT molecular complexity index is 379. The summed E-state index contributed by atoms with van der Waals surface area (Å²) in [5.74, 6) is -2.71. The number of likely N-dealkylation sites (tertiary alicyclic amines) is 1. The normalized spacial score (nSPS) is 31.1. The molecule has 2 amide bonds. The van der Waals surface area contributed by atoms with Gasteiger partial charge >= 0.3 is 5.97 Å². The molecule has 100 valence electrons. The van der Waals surface area contributed by atoms with Gasteiger partial charge in [-0.2, -0.15) is 0 Å². The van der Waals surface area contributed by atoms with E-state index in [1.807, 2.05) is 0 Å². The summed E-state index contributed by atoms with van der Waals surface area (Å²) in [6, 6.07) is 0. The van der Waals surface area contributed by atoms with Crippen molar-refractivity contribution in [2.24, 2.45) is 11.8 Å². The van der Waals surface area contributed by atoms with Crippen molar-refractivity contribution in [3.05, 3.63) is 0 Å². The largest absolute Gasteiger partial charge is 0.479 e. The second kappa shape index (κ2) is 4.35. The van der Waals surface area contributed by atoms with E-state index in [0.29, 0.717) is 12.8 Å². The number of carbonyl (C=O) groups is 3. The van der Waals surface area contributed by atoms with Crippen LogP contribution >= 0.6 is 0 Å². The van der Waals surface area contributed by atoms with E-state index in [1.165, 1.54) is 0 Å².